The number of carboxylic acid groups (broad SMARTS) is 1. The van der Waals surface area contributed by atoms with Crippen molar-refractivity contribution < 1.29 is 36.3 Å². The van der Waals surface area contributed by atoms with Crippen LogP contribution in [0.2, 0.25) is 0 Å². The Kier molecular flexibility index (Phi) is 7.62. The second-order valence-corrected chi connectivity index (χ2v) is 11.8. The third-order valence-corrected chi connectivity index (χ3v) is 7.85. The van der Waals surface area contributed by atoms with Crippen LogP contribution in [0.1, 0.15) is 79.3 Å². The van der Waals surface area contributed by atoms with Gasteiger partial charge in [0.15, 0.2) is 0 Å². The number of nitrogens with two attached hydrogens (primary N) is 1. The molecule has 3 rings (SSSR count). The van der Waals surface area contributed by atoms with Crippen LogP contribution in [-0.4, -0.2) is 35.5 Å². The summed E-state index contributed by atoms with van der Waals surface area (Å²) in [7, 11) is -4.54. The lowest BCUT2D eigenvalue weighted by molar-refractivity contribution is -0.139. The average Bonchev–Trinajstić information content (AvgIpc) is 3.11. The van der Waals surface area contributed by atoms with Crippen molar-refractivity contribution in [1.82, 2.24) is 9.29 Å². The van der Waals surface area contributed by atoms with Gasteiger partial charge in [0, 0.05) is 17.8 Å². The van der Waals surface area contributed by atoms with E-state index in [0.717, 1.165) is 44.2 Å². The van der Waals surface area contributed by atoms with Crippen LogP contribution in [-0.2, 0) is 22.7 Å². The van der Waals surface area contributed by atoms with Crippen LogP contribution >= 0.6 is 0 Å². The highest BCUT2D eigenvalue weighted by atomic mass is 32.2. The molecule has 0 radical (unpaired) electrons. The number of hydrogen-bond acceptors (Lipinski definition) is 4. The van der Waals surface area contributed by atoms with Crippen molar-refractivity contribution in [3.63, 3.8) is 0 Å². The van der Waals surface area contributed by atoms with E-state index in [-0.39, 0.29) is 29.4 Å². The quantitative estimate of drug-likeness (QED) is 0.481. The number of alkyl halides is 3. The normalized spacial score (nSPS) is 15.7. The summed E-state index contributed by atoms with van der Waals surface area (Å²) < 4.78 is 71.3. The van der Waals surface area contributed by atoms with Crippen LogP contribution in [0.5, 0.6) is 0 Å². The summed E-state index contributed by atoms with van der Waals surface area (Å²) in [4.78, 5) is 23.2. The zero-order valence-electron chi connectivity index (χ0n) is 20.3. The molecule has 1 heterocycles. The number of sulfonamides is 1. The highest BCUT2D eigenvalue weighted by Gasteiger charge is 2.39. The van der Waals surface area contributed by atoms with Crippen LogP contribution < -0.4 is 10.5 Å². The van der Waals surface area contributed by atoms with Gasteiger partial charge in [-0.05, 0) is 63.3 Å². The van der Waals surface area contributed by atoms with Crippen molar-refractivity contribution in [1.29, 1.82) is 0 Å². The van der Waals surface area contributed by atoms with E-state index in [1.54, 1.807) is 0 Å². The van der Waals surface area contributed by atoms with Gasteiger partial charge in [-0.2, -0.15) is 13.2 Å². The van der Waals surface area contributed by atoms with Crippen molar-refractivity contribution in [2.75, 3.05) is 0 Å². The lowest BCUT2D eigenvalue weighted by Gasteiger charge is -2.25. The number of primary amides is 1. The van der Waals surface area contributed by atoms with Crippen molar-refractivity contribution in [3.05, 3.63) is 41.1 Å². The van der Waals surface area contributed by atoms with E-state index in [9.17, 15) is 36.3 Å². The number of aromatic carboxylic acids is 1. The molecule has 12 heteroatoms. The molecule has 4 N–H and O–H groups in total. The fourth-order valence-electron chi connectivity index (χ4n) is 4.64. The van der Waals surface area contributed by atoms with Gasteiger partial charge in [-0.3, -0.25) is 4.79 Å². The first-order valence-corrected chi connectivity index (χ1v) is 13.0. The monoisotopic (exact) mass is 529 g/mol. The molecule has 1 aliphatic carbocycles. The molecule has 1 aromatic carbocycles. The van der Waals surface area contributed by atoms with Crippen LogP contribution in [0.4, 0.5) is 13.2 Å². The second kappa shape index (κ2) is 9.89. The Morgan fingerprint density at radius 3 is 2.22 bits per heavy atom. The SMILES string of the molecule is CC(C)(C)NS(=O)(=O)c1ccc(-c2cc(C(=O)O)c(C(N)=O)n2CC2CCCCC2)cc1C(F)(F)F. The maximum absolute atomic E-state index is 14.1. The van der Waals surface area contributed by atoms with Crippen molar-refractivity contribution in [2.24, 2.45) is 11.7 Å². The Morgan fingerprint density at radius 1 is 1.11 bits per heavy atom. The van der Waals surface area contributed by atoms with Crippen LogP contribution in [0.15, 0.2) is 29.2 Å². The van der Waals surface area contributed by atoms with Gasteiger partial charge in [0.05, 0.1) is 16.0 Å². The molecule has 2 aromatic rings. The number of carbonyl (C=O) groups excluding carboxylic acids is 1. The molecule has 1 saturated carbocycles. The van der Waals surface area contributed by atoms with Gasteiger partial charge < -0.3 is 15.4 Å². The number of aromatic nitrogens is 1. The van der Waals surface area contributed by atoms with E-state index in [2.05, 4.69) is 4.72 Å². The third kappa shape index (κ3) is 6.09. The minimum absolute atomic E-state index is 0.0463. The molecule has 1 aliphatic rings. The number of nitrogens with one attached hydrogen (secondary N) is 1. The predicted molar refractivity (Wildman–Crippen MR) is 127 cm³/mol. The molecule has 198 valence electrons. The molecule has 0 atom stereocenters. The largest absolute Gasteiger partial charge is 0.478 e. The maximum atomic E-state index is 14.1. The Hall–Kier alpha value is -2.86. The van der Waals surface area contributed by atoms with E-state index in [1.165, 1.54) is 31.4 Å². The zero-order valence-corrected chi connectivity index (χ0v) is 21.1. The number of carboxylic acids is 1. The Bertz CT molecular complexity index is 1270. The molecule has 8 nitrogen and oxygen atoms in total. The lowest BCUT2D eigenvalue weighted by atomic mass is 9.89. The molecule has 0 saturated heterocycles. The summed E-state index contributed by atoms with van der Waals surface area (Å²) in [6, 6.07) is 3.80. The number of rotatable bonds is 7. The number of benzene rings is 1. The first kappa shape index (κ1) is 27.7. The van der Waals surface area contributed by atoms with Crippen molar-refractivity contribution in [3.8, 4) is 11.3 Å². The van der Waals surface area contributed by atoms with Crippen molar-refractivity contribution >= 4 is 21.9 Å². The van der Waals surface area contributed by atoms with Gasteiger partial charge in [0.2, 0.25) is 10.0 Å². The summed E-state index contributed by atoms with van der Waals surface area (Å²) in [5, 5.41) is 9.66. The Morgan fingerprint density at radius 2 is 1.72 bits per heavy atom. The number of nitrogens with zero attached hydrogens (tertiary/aromatic N) is 1. The molecule has 0 aliphatic heterocycles. The molecular weight excluding hydrogens is 499 g/mol. The first-order chi connectivity index (χ1) is 16.5. The maximum Gasteiger partial charge on any atom is 0.417 e. The highest BCUT2D eigenvalue weighted by Crippen LogP contribution is 2.39. The summed E-state index contributed by atoms with van der Waals surface area (Å²) >= 11 is 0. The summed E-state index contributed by atoms with van der Waals surface area (Å²) in [6.45, 7) is 4.71. The zero-order chi connectivity index (χ0) is 27.1. The van der Waals surface area contributed by atoms with Gasteiger partial charge in [-0.1, -0.05) is 25.3 Å². The van der Waals surface area contributed by atoms with E-state index < -0.39 is 49.6 Å². The lowest BCUT2D eigenvalue weighted by Crippen LogP contribution is -2.41. The van der Waals surface area contributed by atoms with Crippen LogP contribution in [0, 0.1) is 5.92 Å². The molecule has 36 heavy (non-hydrogen) atoms. The summed E-state index contributed by atoms with van der Waals surface area (Å²) in [5.74, 6) is -2.38. The molecule has 1 fully saturated rings. The summed E-state index contributed by atoms with van der Waals surface area (Å²) in [6.07, 6.45) is -0.440. The number of carbonyl (C=O) groups is 2. The van der Waals surface area contributed by atoms with E-state index in [4.69, 9.17) is 5.73 Å². The first-order valence-electron chi connectivity index (χ1n) is 11.5. The van der Waals surface area contributed by atoms with E-state index in [0.29, 0.717) is 6.07 Å². The number of hydrogen-bond donors (Lipinski definition) is 3. The van der Waals surface area contributed by atoms with Crippen LogP contribution in [0.25, 0.3) is 11.3 Å². The minimum Gasteiger partial charge on any atom is -0.478 e. The fourth-order valence-corrected chi connectivity index (χ4v) is 6.27. The topological polar surface area (TPSA) is 131 Å². The third-order valence-electron chi connectivity index (χ3n) is 6.04. The van der Waals surface area contributed by atoms with Gasteiger partial charge >= 0.3 is 12.1 Å². The number of amides is 1. The smallest absolute Gasteiger partial charge is 0.417 e. The van der Waals surface area contributed by atoms with E-state index >= 15 is 0 Å². The summed E-state index contributed by atoms with van der Waals surface area (Å²) in [5.41, 5.74) is 2.31. The van der Waals surface area contributed by atoms with Crippen molar-refractivity contribution in [2.45, 2.75) is 76.0 Å². The highest BCUT2D eigenvalue weighted by molar-refractivity contribution is 7.89. The predicted octanol–water partition coefficient (Wildman–Crippen LogP) is 4.63. The molecule has 0 spiro atoms. The van der Waals surface area contributed by atoms with Gasteiger partial charge in [0.1, 0.15) is 5.69 Å². The second-order valence-electron chi connectivity index (χ2n) is 10.1. The molecule has 1 aromatic heterocycles. The van der Waals surface area contributed by atoms with Gasteiger partial charge in [-0.15, -0.1) is 0 Å². The molecule has 0 unspecified atom stereocenters. The molecule has 0 bridgehead atoms. The Labute approximate surface area is 207 Å². The fraction of sp³-hybridized carbons (Fsp3) is 0.500. The van der Waals surface area contributed by atoms with Crippen LogP contribution in [0.3, 0.4) is 0 Å². The van der Waals surface area contributed by atoms with Gasteiger partial charge in [0.25, 0.3) is 5.91 Å². The van der Waals surface area contributed by atoms with Gasteiger partial charge in [-0.25, -0.2) is 17.9 Å². The standard InChI is InChI=1S/C24H30F3N3O5S/c1-23(2,3)29-36(34,35)19-10-9-15(11-17(19)24(25,26)27)18-12-16(22(32)33)20(21(28)31)30(18)13-14-7-5-4-6-8-14/h9-12,14,29H,4-8,13H2,1-3H3,(H2,28,31)(H,32,33). The average molecular weight is 530 g/mol. The molecule has 1 amide bonds. The molecular formula is C24H30F3N3O5S. The van der Waals surface area contributed by atoms with E-state index in [1.807, 2.05) is 0 Å². The minimum atomic E-state index is -5.03. The Balaban J connectivity index is 2.24. The number of halogens is 3.